The topological polar surface area (TPSA) is 55.1 Å². The summed E-state index contributed by atoms with van der Waals surface area (Å²) >= 11 is 3.06. The fraction of sp³-hybridized carbons (Fsp3) is 0.636. The molecule has 1 heterocycles. The minimum atomic E-state index is -0.814. The summed E-state index contributed by atoms with van der Waals surface area (Å²) in [6, 6.07) is 0. The van der Waals surface area contributed by atoms with Crippen LogP contribution in [0.1, 0.15) is 19.5 Å². The van der Waals surface area contributed by atoms with Crippen molar-refractivity contribution in [3.63, 3.8) is 0 Å². The van der Waals surface area contributed by atoms with Gasteiger partial charge in [-0.1, -0.05) is 11.8 Å². The molecule has 6 heteroatoms. The molecule has 17 heavy (non-hydrogen) atoms. The molecule has 0 saturated heterocycles. The summed E-state index contributed by atoms with van der Waals surface area (Å²) in [5.41, 5.74) is 0.926. The van der Waals surface area contributed by atoms with E-state index in [2.05, 4.69) is 25.1 Å². The molecule has 0 atom stereocenters. The number of carbonyl (C=O) groups is 1. The Kier molecular flexibility index (Phi) is 4.94. The lowest BCUT2D eigenvalue weighted by Crippen LogP contribution is -2.22. The van der Waals surface area contributed by atoms with Gasteiger partial charge in [-0.05, 0) is 27.0 Å². The summed E-state index contributed by atoms with van der Waals surface area (Å²) in [4.78, 5) is 14.9. The molecule has 0 saturated carbocycles. The van der Waals surface area contributed by atoms with Gasteiger partial charge in [-0.2, -0.15) is 11.8 Å². The van der Waals surface area contributed by atoms with Gasteiger partial charge in [-0.3, -0.25) is 4.79 Å². The summed E-state index contributed by atoms with van der Waals surface area (Å²) in [5.74, 6) is -0.762. The first-order valence-electron chi connectivity index (χ1n) is 5.27. The van der Waals surface area contributed by atoms with Gasteiger partial charge < -0.3 is 9.67 Å². The Balaban J connectivity index is 2.80. The Hall–Kier alpha value is -0.620. The van der Waals surface area contributed by atoms with E-state index >= 15 is 0 Å². The van der Waals surface area contributed by atoms with Crippen molar-refractivity contribution in [1.82, 2.24) is 9.55 Å². The predicted molar refractivity (Wildman–Crippen MR) is 72.9 cm³/mol. The van der Waals surface area contributed by atoms with E-state index in [4.69, 9.17) is 5.11 Å². The number of thioether (sulfide) groups is 2. The normalized spacial score (nSPS) is 11.8. The molecule has 0 aliphatic heterocycles. The van der Waals surface area contributed by atoms with Gasteiger partial charge in [0.1, 0.15) is 0 Å². The quantitative estimate of drug-likeness (QED) is 0.808. The van der Waals surface area contributed by atoms with Crippen LogP contribution in [0.25, 0.3) is 0 Å². The van der Waals surface area contributed by atoms with Gasteiger partial charge in [0.15, 0.2) is 5.16 Å². The molecule has 96 valence electrons. The monoisotopic (exact) mass is 274 g/mol. The fourth-order valence-corrected chi connectivity index (χ4v) is 2.37. The van der Waals surface area contributed by atoms with Crippen molar-refractivity contribution in [2.24, 2.45) is 0 Å². The SMILES string of the molecule is CSC(C)(C)Cn1cc(C)nc1SCC(=O)O. The minimum Gasteiger partial charge on any atom is -0.481 e. The number of hydrogen-bond acceptors (Lipinski definition) is 4. The maximum Gasteiger partial charge on any atom is 0.313 e. The third-order valence-corrected chi connectivity index (χ3v) is 4.50. The molecule has 1 N–H and O–H groups in total. The standard InChI is InChI=1S/C11H18N2O2S2/c1-8-5-13(7-11(2,3)16-4)10(12-8)17-6-9(14)15/h5H,6-7H2,1-4H3,(H,14,15). The molecule has 0 aliphatic carbocycles. The lowest BCUT2D eigenvalue weighted by molar-refractivity contribution is -0.133. The number of carboxylic acid groups (broad SMARTS) is 1. The van der Waals surface area contributed by atoms with Crippen LogP contribution < -0.4 is 0 Å². The second-order valence-corrected chi connectivity index (χ2v) is 6.89. The van der Waals surface area contributed by atoms with Crippen molar-refractivity contribution >= 4 is 29.5 Å². The van der Waals surface area contributed by atoms with Gasteiger partial charge in [-0.25, -0.2) is 4.98 Å². The maximum absolute atomic E-state index is 10.6. The van der Waals surface area contributed by atoms with Gasteiger partial charge >= 0.3 is 5.97 Å². The zero-order valence-electron chi connectivity index (χ0n) is 10.6. The van der Waals surface area contributed by atoms with Crippen LogP contribution in [0.15, 0.2) is 11.4 Å². The van der Waals surface area contributed by atoms with Crippen LogP contribution in [0.3, 0.4) is 0 Å². The van der Waals surface area contributed by atoms with Crippen molar-refractivity contribution in [2.75, 3.05) is 12.0 Å². The Bertz CT molecular complexity index is 402. The van der Waals surface area contributed by atoms with Crippen LogP contribution in [0.2, 0.25) is 0 Å². The zero-order valence-corrected chi connectivity index (χ0v) is 12.2. The van der Waals surface area contributed by atoms with Crippen molar-refractivity contribution < 1.29 is 9.90 Å². The average molecular weight is 274 g/mol. The number of nitrogens with zero attached hydrogens (tertiary/aromatic N) is 2. The molecule has 0 aliphatic rings. The van der Waals surface area contributed by atoms with Gasteiger partial charge in [0.2, 0.25) is 0 Å². The molecule has 0 unspecified atom stereocenters. The predicted octanol–water partition coefficient (Wildman–Crippen LogP) is 2.51. The van der Waals surface area contributed by atoms with Crippen LogP contribution in [0, 0.1) is 6.92 Å². The molecule has 0 amide bonds. The van der Waals surface area contributed by atoms with Gasteiger partial charge in [0.25, 0.3) is 0 Å². The first-order valence-corrected chi connectivity index (χ1v) is 7.48. The van der Waals surface area contributed by atoms with Gasteiger partial charge in [-0.15, -0.1) is 0 Å². The number of aromatic nitrogens is 2. The van der Waals surface area contributed by atoms with E-state index < -0.39 is 5.97 Å². The summed E-state index contributed by atoms with van der Waals surface area (Å²) in [6.45, 7) is 7.08. The maximum atomic E-state index is 10.6. The Morgan fingerprint density at radius 1 is 1.59 bits per heavy atom. The number of aliphatic carboxylic acids is 1. The number of carboxylic acids is 1. The number of hydrogen-bond donors (Lipinski definition) is 1. The average Bonchev–Trinajstić information content (AvgIpc) is 2.55. The molecule has 1 rings (SSSR count). The smallest absolute Gasteiger partial charge is 0.313 e. The second-order valence-electron chi connectivity index (χ2n) is 4.44. The fourth-order valence-electron chi connectivity index (χ4n) is 1.35. The van der Waals surface area contributed by atoms with E-state index in [1.165, 1.54) is 11.8 Å². The van der Waals surface area contributed by atoms with E-state index in [1.807, 2.05) is 17.7 Å². The summed E-state index contributed by atoms with van der Waals surface area (Å²) in [6.07, 6.45) is 4.05. The summed E-state index contributed by atoms with van der Waals surface area (Å²) in [5, 5.41) is 9.47. The molecule has 0 radical (unpaired) electrons. The van der Waals surface area contributed by atoms with Gasteiger partial charge in [0.05, 0.1) is 11.4 Å². The highest BCUT2D eigenvalue weighted by molar-refractivity contribution is 8.00. The van der Waals surface area contributed by atoms with Crippen molar-refractivity contribution in [3.8, 4) is 0 Å². The first-order chi connectivity index (χ1) is 7.84. The third-order valence-electron chi connectivity index (χ3n) is 2.29. The Morgan fingerprint density at radius 3 is 2.76 bits per heavy atom. The van der Waals surface area contributed by atoms with Crippen LogP contribution >= 0.6 is 23.5 Å². The lowest BCUT2D eigenvalue weighted by Gasteiger charge is -2.23. The van der Waals surface area contributed by atoms with E-state index in [-0.39, 0.29) is 10.5 Å². The molecule has 0 aromatic carbocycles. The highest BCUT2D eigenvalue weighted by Gasteiger charge is 2.19. The number of aryl methyl sites for hydroxylation is 1. The van der Waals surface area contributed by atoms with E-state index in [1.54, 1.807) is 11.8 Å². The van der Waals surface area contributed by atoms with Crippen LogP contribution in [0.5, 0.6) is 0 Å². The Morgan fingerprint density at radius 2 is 2.24 bits per heavy atom. The van der Waals surface area contributed by atoms with E-state index in [0.717, 1.165) is 17.4 Å². The van der Waals surface area contributed by atoms with Crippen molar-refractivity contribution in [1.29, 1.82) is 0 Å². The molecule has 1 aromatic rings. The molecule has 0 spiro atoms. The van der Waals surface area contributed by atoms with E-state index in [0.29, 0.717) is 0 Å². The highest BCUT2D eigenvalue weighted by Crippen LogP contribution is 2.26. The molecule has 0 bridgehead atoms. The second kappa shape index (κ2) is 5.82. The largest absolute Gasteiger partial charge is 0.481 e. The molecule has 1 aromatic heterocycles. The lowest BCUT2D eigenvalue weighted by atomic mass is 10.2. The third kappa shape index (κ3) is 4.63. The summed E-state index contributed by atoms with van der Waals surface area (Å²) in [7, 11) is 0. The number of imidazole rings is 1. The van der Waals surface area contributed by atoms with Gasteiger partial charge in [0, 0.05) is 17.5 Å². The van der Waals surface area contributed by atoms with Crippen LogP contribution in [-0.4, -0.2) is 37.4 Å². The highest BCUT2D eigenvalue weighted by atomic mass is 32.2. The van der Waals surface area contributed by atoms with Crippen LogP contribution in [0.4, 0.5) is 0 Å². The van der Waals surface area contributed by atoms with Crippen molar-refractivity contribution in [2.45, 2.75) is 37.2 Å². The van der Waals surface area contributed by atoms with E-state index in [9.17, 15) is 4.79 Å². The molecular formula is C11H18N2O2S2. The first kappa shape index (κ1) is 14.4. The molecular weight excluding hydrogens is 256 g/mol. The van der Waals surface area contributed by atoms with Crippen LogP contribution in [-0.2, 0) is 11.3 Å². The Labute approximate surface area is 110 Å². The minimum absolute atomic E-state index is 0.0517. The number of rotatable bonds is 6. The van der Waals surface area contributed by atoms with Crippen molar-refractivity contribution in [3.05, 3.63) is 11.9 Å². The molecule has 0 fully saturated rings. The zero-order chi connectivity index (χ0) is 13.1. The molecule has 4 nitrogen and oxygen atoms in total. The summed E-state index contributed by atoms with van der Waals surface area (Å²) < 4.78 is 2.16.